The van der Waals surface area contributed by atoms with Crippen molar-refractivity contribution in [1.29, 1.82) is 0 Å². The third-order valence-corrected chi connectivity index (χ3v) is 5.70. The summed E-state index contributed by atoms with van der Waals surface area (Å²) >= 11 is 0. The molecule has 0 aliphatic carbocycles. The van der Waals surface area contributed by atoms with Crippen molar-refractivity contribution in [2.24, 2.45) is 5.10 Å². The van der Waals surface area contributed by atoms with E-state index in [1.165, 1.54) is 0 Å². The Kier molecular flexibility index (Phi) is 4.93. The summed E-state index contributed by atoms with van der Waals surface area (Å²) in [6.07, 6.45) is 7.31. The minimum Gasteiger partial charge on any atom is -0.378 e. The molecule has 2 N–H and O–H groups in total. The highest BCUT2D eigenvalue weighted by atomic mass is 16.5. The van der Waals surface area contributed by atoms with Crippen LogP contribution in [0.2, 0.25) is 0 Å². The van der Waals surface area contributed by atoms with Crippen LogP contribution in [-0.2, 0) is 4.74 Å². The van der Waals surface area contributed by atoms with E-state index in [-0.39, 0.29) is 0 Å². The van der Waals surface area contributed by atoms with Crippen molar-refractivity contribution in [2.45, 2.75) is 0 Å². The summed E-state index contributed by atoms with van der Waals surface area (Å²) in [5, 5.41) is 10.4. The number of morpholine rings is 1. The molecule has 1 aromatic carbocycles. The van der Waals surface area contributed by atoms with E-state index in [2.05, 4.69) is 31.5 Å². The lowest BCUT2D eigenvalue weighted by molar-refractivity contribution is 0.122. The fourth-order valence-electron chi connectivity index (χ4n) is 4.06. The molecule has 9 nitrogen and oxygen atoms in total. The zero-order valence-electron chi connectivity index (χ0n) is 17.8. The van der Waals surface area contributed by atoms with E-state index in [0.717, 1.165) is 52.3 Å². The van der Waals surface area contributed by atoms with Crippen molar-refractivity contribution < 1.29 is 4.74 Å². The molecule has 9 heteroatoms. The molecule has 1 aliphatic rings. The number of hydrazone groups is 1. The van der Waals surface area contributed by atoms with E-state index in [0.29, 0.717) is 19.0 Å². The number of nitrogens with one attached hydrogen (secondary N) is 2. The number of nitrogens with zero attached hydrogens (tertiary/aromatic N) is 6. The predicted molar refractivity (Wildman–Crippen MR) is 129 cm³/mol. The molecule has 5 heterocycles. The highest BCUT2D eigenvalue weighted by molar-refractivity contribution is 5.99. The van der Waals surface area contributed by atoms with E-state index < -0.39 is 0 Å². The smallest absolute Gasteiger partial charge is 0.160 e. The van der Waals surface area contributed by atoms with Crippen LogP contribution in [0, 0.1) is 0 Å². The van der Waals surface area contributed by atoms with E-state index in [4.69, 9.17) is 14.8 Å². The van der Waals surface area contributed by atoms with Crippen LogP contribution in [0.3, 0.4) is 0 Å². The number of hydrogen-bond acceptors (Lipinski definition) is 7. The fraction of sp³-hybridized carbons (Fsp3) is 0.167. The van der Waals surface area contributed by atoms with Gasteiger partial charge in [-0.05, 0) is 18.2 Å². The number of ether oxygens (including phenoxy) is 1. The van der Waals surface area contributed by atoms with E-state index in [1.54, 1.807) is 18.6 Å². The number of para-hydroxylation sites is 1. The Hall–Kier alpha value is -4.24. The SMILES string of the molecule is C(=NNc1cc(N2CCOCC2)n2nc(-c3cccnc3)cc2n1)c1c[nH]c2ccccc12. The topological polar surface area (TPSA) is 95.7 Å². The maximum Gasteiger partial charge on any atom is 0.160 e. The monoisotopic (exact) mass is 438 g/mol. The predicted octanol–water partition coefficient (Wildman–Crippen LogP) is 3.56. The third kappa shape index (κ3) is 3.79. The zero-order valence-corrected chi connectivity index (χ0v) is 17.8. The van der Waals surface area contributed by atoms with Gasteiger partial charge in [0.05, 0.1) is 25.1 Å². The molecule has 0 amide bonds. The number of pyridine rings is 1. The van der Waals surface area contributed by atoms with Crippen LogP contribution in [-0.4, -0.2) is 57.1 Å². The Morgan fingerprint density at radius 3 is 2.88 bits per heavy atom. The van der Waals surface area contributed by atoms with Gasteiger partial charge in [-0.15, -0.1) is 0 Å². The third-order valence-electron chi connectivity index (χ3n) is 5.70. The summed E-state index contributed by atoms with van der Waals surface area (Å²) in [6.45, 7) is 2.95. The Morgan fingerprint density at radius 1 is 1.09 bits per heavy atom. The van der Waals surface area contributed by atoms with Crippen LogP contribution < -0.4 is 10.3 Å². The quantitative estimate of drug-likeness (QED) is 0.322. The van der Waals surface area contributed by atoms with Crippen LogP contribution >= 0.6 is 0 Å². The highest BCUT2D eigenvalue weighted by Crippen LogP contribution is 2.25. The van der Waals surface area contributed by atoms with Crippen molar-refractivity contribution in [3.63, 3.8) is 0 Å². The molecule has 1 aliphatic heterocycles. The Balaban J connectivity index is 1.36. The Morgan fingerprint density at radius 2 is 2.00 bits per heavy atom. The second-order valence-electron chi connectivity index (χ2n) is 7.80. The van der Waals surface area contributed by atoms with Gasteiger partial charge in [-0.1, -0.05) is 18.2 Å². The second kappa shape index (κ2) is 8.36. The van der Waals surface area contributed by atoms with Crippen molar-refractivity contribution in [3.8, 4) is 11.3 Å². The van der Waals surface area contributed by atoms with Gasteiger partial charge in [-0.3, -0.25) is 10.4 Å². The number of hydrogen-bond donors (Lipinski definition) is 2. The van der Waals surface area contributed by atoms with Gasteiger partial charge in [-0.25, -0.2) is 4.98 Å². The van der Waals surface area contributed by atoms with Gasteiger partial charge in [0.25, 0.3) is 0 Å². The maximum atomic E-state index is 5.54. The molecule has 1 fully saturated rings. The fourth-order valence-corrected chi connectivity index (χ4v) is 4.06. The van der Waals surface area contributed by atoms with Crippen molar-refractivity contribution >= 4 is 34.4 Å². The maximum absolute atomic E-state index is 5.54. The van der Waals surface area contributed by atoms with Crippen molar-refractivity contribution in [1.82, 2.24) is 24.6 Å². The minimum absolute atomic E-state index is 0.651. The number of rotatable bonds is 5. The lowest BCUT2D eigenvalue weighted by Gasteiger charge is -2.29. The number of aromatic nitrogens is 5. The number of benzene rings is 1. The van der Waals surface area contributed by atoms with Crippen LogP contribution in [0.4, 0.5) is 11.6 Å². The number of anilines is 2. The molecule has 0 spiro atoms. The standard InChI is InChI=1S/C24H22N8O/c1-2-6-20-19(5-1)18(15-26-20)16-27-29-22-13-24(31-8-10-33-11-9-31)32-23(28-22)12-21(30-32)17-4-3-7-25-14-17/h1-7,12-16,26H,8-11H2,(H,28,29). The first-order chi connectivity index (χ1) is 16.3. The van der Waals surface area contributed by atoms with E-state index >= 15 is 0 Å². The summed E-state index contributed by atoms with van der Waals surface area (Å²) < 4.78 is 7.42. The van der Waals surface area contributed by atoms with Gasteiger partial charge in [0.2, 0.25) is 0 Å². The average molecular weight is 438 g/mol. The minimum atomic E-state index is 0.651. The first-order valence-corrected chi connectivity index (χ1v) is 10.8. The van der Waals surface area contributed by atoms with Crippen molar-refractivity contribution in [2.75, 3.05) is 36.6 Å². The summed E-state index contributed by atoms with van der Waals surface area (Å²) in [4.78, 5) is 14.5. The molecule has 33 heavy (non-hydrogen) atoms. The molecular weight excluding hydrogens is 416 g/mol. The molecule has 164 valence electrons. The van der Waals surface area contributed by atoms with Gasteiger partial charge in [-0.2, -0.15) is 14.7 Å². The number of fused-ring (bicyclic) bond motifs is 2. The molecular formula is C24H22N8O. The van der Waals surface area contributed by atoms with Crippen molar-refractivity contribution in [3.05, 3.63) is 72.7 Å². The molecule has 0 unspecified atom stereocenters. The highest BCUT2D eigenvalue weighted by Gasteiger charge is 2.18. The van der Waals surface area contributed by atoms with E-state index in [9.17, 15) is 0 Å². The van der Waals surface area contributed by atoms with Crippen LogP contribution in [0.15, 0.2) is 72.2 Å². The van der Waals surface area contributed by atoms with Crippen LogP contribution in [0.25, 0.3) is 27.8 Å². The number of H-pyrrole nitrogens is 1. The van der Waals surface area contributed by atoms with Crippen LogP contribution in [0.5, 0.6) is 0 Å². The van der Waals surface area contributed by atoms with Crippen LogP contribution in [0.1, 0.15) is 5.56 Å². The molecule has 0 radical (unpaired) electrons. The Labute approximate surface area is 189 Å². The molecule has 5 aromatic rings. The van der Waals surface area contributed by atoms with Gasteiger partial charge in [0, 0.05) is 65.8 Å². The molecule has 0 bridgehead atoms. The largest absolute Gasteiger partial charge is 0.378 e. The summed E-state index contributed by atoms with van der Waals surface area (Å²) in [5.74, 6) is 1.60. The van der Waals surface area contributed by atoms with Gasteiger partial charge in [0.1, 0.15) is 5.82 Å². The molecule has 6 rings (SSSR count). The second-order valence-corrected chi connectivity index (χ2v) is 7.80. The zero-order chi connectivity index (χ0) is 22.0. The van der Waals surface area contributed by atoms with Gasteiger partial charge < -0.3 is 14.6 Å². The first kappa shape index (κ1) is 19.4. The summed E-state index contributed by atoms with van der Waals surface area (Å²) in [6, 6.07) is 16.0. The molecule has 0 saturated carbocycles. The lowest BCUT2D eigenvalue weighted by Crippen LogP contribution is -2.37. The number of aromatic amines is 1. The molecule has 0 atom stereocenters. The van der Waals surface area contributed by atoms with E-state index in [1.807, 2.05) is 53.2 Å². The lowest BCUT2D eigenvalue weighted by atomic mass is 10.2. The normalized spacial score (nSPS) is 14.5. The molecule has 1 saturated heterocycles. The summed E-state index contributed by atoms with van der Waals surface area (Å²) in [5.41, 5.74) is 7.70. The average Bonchev–Trinajstić information content (AvgIpc) is 3.49. The van der Waals surface area contributed by atoms with Gasteiger partial charge >= 0.3 is 0 Å². The molecule has 4 aromatic heterocycles. The first-order valence-electron chi connectivity index (χ1n) is 10.8. The van der Waals surface area contributed by atoms with Gasteiger partial charge in [0.15, 0.2) is 11.5 Å². The summed E-state index contributed by atoms with van der Waals surface area (Å²) in [7, 11) is 0. The Bertz CT molecular complexity index is 1430.